The Hall–Kier alpha value is -2.25. The van der Waals surface area contributed by atoms with Gasteiger partial charge >= 0.3 is 51.4 Å². The van der Waals surface area contributed by atoms with Gasteiger partial charge in [-0.2, -0.15) is 5.26 Å². The van der Waals surface area contributed by atoms with Gasteiger partial charge in [-0.05, 0) is 63.0 Å². The van der Waals surface area contributed by atoms with Crippen molar-refractivity contribution in [1.29, 1.82) is 5.26 Å². The summed E-state index contributed by atoms with van der Waals surface area (Å²) in [5.41, 5.74) is 3.20. The number of piperidine rings is 2. The van der Waals surface area contributed by atoms with Gasteiger partial charge in [0.2, 0.25) is 11.8 Å². The summed E-state index contributed by atoms with van der Waals surface area (Å²) in [6, 6.07) is 39.4. The molecule has 297 valence electrons. The van der Waals surface area contributed by atoms with Gasteiger partial charge in [-0.25, -0.2) is 0 Å². The second-order valence-corrected chi connectivity index (χ2v) is 13.0. The van der Waals surface area contributed by atoms with Crippen molar-refractivity contribution in [3.05, 3.63) is 132 Å². The van der Waals surface area contributed by atoms with Crippen LogP contribution < -0.4 is 72.6 Å². The van der Waals surface area contributed by atoms with Gasteiger partial charge in [-0.1, -0.05) is 113 Å². The number of halogens is 1. The van der Waals surface area contributed by atoms with Gasteiger partial charge in [0.25, 0.3) is 6.47 Å². The van der Waals surface area contributed by atoms with Crippen LogP contribution in [0.5, 0.6) is 0 Å². The quantitative estimate of drug-likeness (QED) is 0.0535. The topological polar surface area (TPSA) is 181 Å². The van der Waals surface area contributed by atoms with Crippen molar-refractivity contribution < 1.29 is 85.5 Å². The van der Waals surface area contributed by atoms with Crippen molar-refractivity contribution in [2.45, 2.75) is 32.6 Å². The number of nitriles is 1. The first-order valence-electron chi connectivity index (χ1n) is 18.2. The van der Waals surface area contributed by atoms with Crippen molar-refractivity contribution >= 4 is 109 Å². The van der Waals surface area contributed by atoms with E-state index in [9.17, 15) is 19.2 Å². The van der Waals surface area contributed by atoms with Crippen molar-refractivity contribution in [1.82, 2.24) is 10.2 Å². The minimum atomic E-state index is -0.181. The van der Waals surface area contributed by atoms with Crippen LogP contribution in [0.1, 0.15) is 53.3 Å². The first-order chi connectivity index (χ1) is 27.3. The van der Waals surface area contributed by atoms with Crippen LogP contribution in [0.25, 0.3) is 0 Å². The molecule has 0 bridgehead atoms. The number of alkyl halides is 1. The van der Waals surface area contributed by atoms with Gasteiger partial charge < -0.3 is 26.1 Å². The van der Waals surface area contributed by atoms with E-state index in [2.05, 4.69) is 41.7 Å². The van der Waals surface area contributed by atoms with Crippen LogP contribution in [0.4, 0.5) is 11.4 Å². The fourth-order valence-electron chi connectivity index (χ4n) is 5.64. The number of ketones is 2. The number of carbonyl (C=O) groups is 5. The molecule has 6 rings (SSSR count). The first-order valence-corrected chi connectivity index (χ1v) is 19.3. The number of carbonyl (C=O) groups excluding carboxylic acids is 5. The third-order valence-electron chi connectivity index (χ3n) is 8.35. The van der Waals surface area contributed by atoms with Crippen LogP contribution in [0.15, 0.2) is 121 Å². The van der Waals surface area contributed by atoms with Crippen molar-refractivity contribution in [2.75, 3.05) is 48.7 Å². The average Bonchev–Trinajstić information content (AvgIpc) is 3.26. The first kappa shape index (κ1) is 55.8. The van der Waals surface area contributed by atoms with E-state index in [0.29, 0.717) is 18.4 Å². The molecule has 4 aromatic carbocycles. The van der Waals surface area contributed by atoms with Crippen LogP contribution >= 0.6 is 15.9 Å². The summed E-state index contributed by atoms with van der Waals surface area (Å²) in [6.07, 6.45) is 3.89. The predicted molar refractivity (Wildman–Crippen MR) is 224 cm³/mol. The van der Waals surface area contributed by atoms with Crippen molar-refractivity contribution in [3.63, 3.8) is 0 Å². The zero-order chi connectivity index (χ0) is 40.8. The minimum Gasteiger partial charge on any atom is -0.662 e. The molecular formula is C43H49BrK2N5O7. The van der Waals surface area contributed by atoms with E-state index in [1.54, 1.807) is 6.07 Å². The van der Waals surface area contributed by atoms with Crippen LogP contribution in [0.2, 0.25) is 0 Å². The Bertz CT molecular complexity index is 1770. The number of amides is 2. The molecule has 2 unspecified atom stereocenters. The van der Waals surface area contributed by atoms with Gasteiger partial charge in [0.1, 0.15) is 0 Å². The van der Waals surface area contributed by atoms with E-state index in [0.717, 1.165) is 67.8 Å². The molecule has 12 nitrogen and oxygen atoms in total. The van der Waals surface area contributed by atoms with Crippen molar-refractivity contribution in [3.8, 4) is 6.07 Å². The van der Waals surface area contributed by atoms with Gasteiger partial charge in [-0.15, -0.1) is 0 Å². The summed E-state index contributed by atoms with van der Waals surface area (Å²) in [5, 5.41) is 25.3. The predicted octanol–water partition coefficient (Wildman–Crippen LogP) is 2.70. The molecule has 0 aliphatic carbocycles. The summed E-state index contributed by atoms with van der Waals surface area (Å²) in [4.78, 5) is 60.9. The van der Waals surface area contributed by atoms with Crippen LogP contribution in [-0.2, 0) is 19.3 Å². The molecule has 1 radical (unpaired) electrons. The largest absolute Gasteiger partial charge is 1.00 e. The maximum absolute atomic E-state index is 12.4. The molecule has 4 aromatic rings. The number of hydrogen-bond acceptors (Lipinski definition) is 10. The minimum absolute atomic E-state index is 0. The summed E-state index contributed by atoms with van der Waals surface area (Å²) in [5.74, 6) is 0.466. The van der Waals surface area contributed by atoms with E-state index >= 15 is 0 Å². The molecule has 2 heterocycles. The van der Waals surface area contributed by atoms with E-state index < -0.39 is 0 Å². The van der Waals surface area contributed by atoms with Crippen molar-refractivity contribution in [2.24, 2.45) is 11.8 Å². The number of benzene rings is 4. The molecule has 0 saturated carbocycles. The summed E-state index contributed by atoms with van der Waals surface area (Å²) < 4.78 is 0. The second-order valence-electron chi connectivity index (χ2n) is 12.5. The van der Waals surface area contributed by atoms with Gasteiger partial charge in [-0.3, -0.25) is 28.9 Å². The Kier molecular flexibility index (Phi) is 34.1. The molecule has 15 heteroatoms. The summed E-state index contributed by atoms with van der Waals surface area (Å²) >= 11 is 3.10. The fraction of sp³-hybridized carbons (Fsp3) is 0.302. The Morgan fingerprint density at radius 2 is 1.21 bits per heavy atom. The number of rotatable bonds is 10. The smallest absolute Gasteiger partial charge is 0.662 e. The SMILES string of the molecule is CC#N.O=C(CBr)c1ccccc1.O=C(CN1CCCC(C(=O)Nc2ccccc2)C1)c1ccccc1.O=C(Nc1ccccc1)C1CCCNC1.O=CO[O-].[K+].[K]. The molecule has 2 saturated heterocycles. The second kappa shape index (κ2) is 35.5. The maximum Gasteiger partial charge on any atom is 1.00 e. The van der Waals surface area contributed by atoms with Crippen LogP contribution in [0.3, 0.4) is 0 Å². The molecule has 2 aliphatic rings. The molecule has 0 aromatic heterocycles. The molecule has 0 spiro atoms. The van der Waals surface area contributed by atoms with Crippen LogP contribution in [0, 0.1) is 23.2 Å². The third-order valence-corrected chi connectivity index (χ3v) is 8.86. The number of anilines is 2. The molecule has 58 heavy (non-hydrogen) atoms. The molecule has 3 N–H and O–H groups in total. The Balaban J connectivity index is 0.000000819. The molecular weight excluding hydrogens is 857 g/mol. The Morgan fingerprint density at radius 3 is 1.62 bits per heavy atom. The van der Waals surface area contributed by atoms with E-state index in [-0.39, 0.29) is 144 Å². The standard InChI is InChI=1S/C20H22N2O2.C12H16N2O.C8H7BrO.C2H3N.CH2O3.2K/c23-19(16-8-3-1-4-9-16)15-22-13-7-10-17(14-22)20(24)21-18-11-5-2-6-12-18;15-12(10-5-4-8-13-9-10)14-11-6-2-1-3-7-11;9-6-8(10)7-4-2-1-3-5-7;1-2-3;2-1-4-3;;/h1-6,8-9,11-12,17H,7,10,13-15H2,(H,21,24);1-3,6-7,10,13H,4-5,8-9H2,(H,14,15);1-5H,6H2;1H3;1,3H;;/q;;;;;;+1/p-1. The van der Waals surface area contributed by atoms with E-state index in [4.69, 9.17) is 15.3 Å². The zero-order valence-electron chi connectivity index (χ0n) is 33.5. The number of likely N-dealkylation sites (tertiary alicyclic amines) is 1. The average molecular weight is 906 g/mol. The number of nitrogens with zero attached hydrogens (tertiary/aromatic N) is 2. The normalized spacial score (nSPS) is 15.0. The molecule has 2 aliphatic heterocycles. The van der Waals surface area contributed by atoms with Crippen LogP contribution in [-0.4, -0.2) is 124 Å². The van der Waals surface area contributed by atoms with Gasteiger partial charge in [0.05, 0.1) is 29.8 Å². The fourth-order valence-corrected chi connectivity index (χ4v) is 5.96. The number of para-hydroxylation sites is 2. The monoisotopic (exact) mass is 904 g/mol. The van der Waals surface area contributed by atoms with Gasteiger partial charge in [0.15, 0.2) is 11.6 Å². The van der Waals surface area contributed by atoms with Gasteiger partial charge in [0, 0.05) is 93.9 Å². The van der Waals surface area contributed by atoms with E-state index in [1.165, 1.54) is 6.92 Å². The zero-order valence-corrected chi connectivity index (χ0v) is 41.3. The Morgan fingerprint density at radius 1 is 0.793 bits per heavy atom. The maximum atomic E-state index is 12.4. The molecule has 2 atom stereocenters. The number of Topliss-reactive ketones (excluding diaryl/α,β-unsaturated/α-hetero) is 2. The summed E-state index contributed by atoms with van der Waals surface area (Å²) in [6.45, 7) is 4.97. The van der Waals surface area contributed by atoms with E-state index in [1.807, 2.05) is 121 Å². The number of hydrogen-bond donors (Lipinski definition) is 3. The molecule has 2 amide bonds. The third kappa shape index (κ3) is 24.1. The Labute approximate surface area is 435 Å². The molecule has 2 fully saturated rings. The number of nitrogens with one attached hydrogen (secondary N) is 3. The summed E-state index contributed by atoms with van der Waals surface area (Å²) in [7, 11) is 0.